The van der Waals surface area contributed by atoms with Gasteiger partial charge in [0, 0.05) is 37.3 Å². The maximum absolute atomic E-state index is 12.3. The molecule has 0 unspecified atom stereocenters. The second-order valence-electron chi connectivity index (χ2n) is 10.4. The Kier molecular flexibility index (Phi) is 12.8. The van der Waals surface area contributed by atoms with Crippen LogP contribution in [0, 0.1) is 0 Å². The monoisotopic (exact) mass is 506 g/mol. The van der Waals surface area contributed by atoms with E-state index < -0.39 is 23.4 Å². The number of hydrogen-bond acceptors (Lipinski definition) is 6. The minimum atomic E-state index is -0.531. The largest absolute Gasteiger partial charge is 0.444 e. The molecule has 0 aromatic heterocycles. The Morgan fingerprint density at radius 1 is 0.556 bits per heavy atom. The predicted molar refractivity (Wildman–Crippen MR) is 138 cm³/mol. The van der Waals surface area contributed by atoms with Gasteiger partial charge < -0.3 is 30.7 Å². The molecule has 4 N–H and O–H groups in total. The Morgan fingerprint density at radius 2 is 0.833 bits per heavy atom. The number of amides is 4. The molecule has 1 aromatic carbocycles. The van der Waals surface area contributed by atoms with Gasteiger partial charge in [-0.3, -0.25) is 9.59 Å². The summed E-state index contributed by atoms with van der Waals surface area (Å²) >= 11 is 0. The summed E-state index contributed by atoms with van der Waals surface area (Å²) in [6.45, 7) is 12.7. The average Bonchev–Trinajstić information content (AvgIpc) is 2.75. The number of benzene rings is 1. The zero-order chi connectivity index (χ0) is 27.2. The number of rotatable bonds is 12. The molecule has 0 aliphatic rings. The standard InChI is InChI=1S/C26H42N4O6/c1-25(2,3)35-23(33)29-17-9-7-15-27-21(31)19-11-13-20(14-12-19)22(32)28-16-8-10-18-30-24(34)36-26(4,5)6/h11-14H,7-10,15-18H2,1-6H3,(H,27,31)(H,28,32)(H,29,33)(H,30,34). The highest BCUT2D eigenvalue weighted by Gasteiger charge is 2.16. The lowest BCUT2D eigenvalue weighted by Gasteiger charge is -2.19. The normalized spacial score (nSPS) is 11.3. The Hall–Kier alpha value is -3.30. The van der Waals surface area contributed by atoms with Gasteiger partial charge in [0.1, 0.15) is 11.2 Å². The van der Waals surface area contributed by atoms with E-state index in [1.165, 1.54) is 0 Å². The lowest BCUT2D eigenvalue weighted by atomic mass is 10.1. The first-order chi connectivity index (χ1) is 16.8. The van der Waals surface area contributed by atoms with E-state index in [2.05, 4.69) is 21.3 Å². The van der Waals surface area contributed by atoms with E-state index in [4.69, 9.17) is 9.47 Å². The van der Waals surface area contributed by atoms with Crippen LogP contribution in [0.2, 0.25) is 0 Å². The van der Waals surface area contributed by atoms with Crippen LogP contribution in [0.4, 0.5) is 9.59 Å². The molecule has 0 saturated carbocycles. The Balaban J connectivity index is 2.21. The molecule has 0 fully saturated rings. The summed E-state index contributed by atoms with van der Waals surface area (Å²) in [5.41, 5.74) is -0.134. The van der Waals surface area contributed by atoms with Crippen LogP contribution < -0.4 is 21.3 Å². The van der Waals surface area contributed by atoms with Gasteiger partial charge in [0.2, 0.25) is 0 Å². The molecule has 0 aliphatic heterocycles. The predicted octanol–water partition coefficient (Wildman–Crippen LogP) is 3.76. The average molecular weight is 507 g/mol. The van der Waals surface area contributed by atoms with Crippen molar-refractivity contribution in [2.75, 3.05) is 26.2 Å². The molecule has 0 bridgehead atoms. The van der Waals surface area contributed by atoms with Crippen LogP contribution in [0.1, 0.15) is 87.9 Å². The minimum Gasteiger partial charge on any atom is -0.444 e. The second kappa shape index (κ2) is 15.0. The lowest BCUT2D eigenvalue weighted by Crippen LogP contribution is -2.33. The van der Waals surface area contributed by atoms with Gasteiger partial charge in [0.25, 0.3) is 11.8 Å². The highest BCUT2D eigenvalue weighted by molar-refractivity contribution is 5.97. The van der Waals surface area contributed by atoms with Crippen LogP contribution in [0.5, 0.6) is 0 Å². The lowest BCUT2D eigenvalue weighted by molar-refractivity contribution is 0.0515. The van der Waals surface area contributed by atoms with E-state index in [0.717, 1.165) is 0 Å². The van der Waals surface area contributed by atoms with Gasteiger partial charge in [-0.1, -0.05) is 0 Å². The van der Waals surface area contributed by atoms with Gasteiger partial charge in [-0.05, 0) is 91.5 Å². The van der Waals surface area contributed by atoms with Crippen molar-refractivity contribution in [3.05, 3.63) is 35.4 Å². The maximum atomic E-state index is 12.3. The van der Waals surface area contributed by atoms with Crippen molar-refractivity contribution in [2.24, 2.45) is 0 Å². The number of carbonyl (C=O) groups is 4. The molecule has 0 heterocycles. The van der Waals surface area contributed by atoms with E-state index in [1.807, 2.05) is 0 Å². The van der Waals surface area contributed by atoms with Crippen LogP contribution in [0.25, 0.3) is 0 Å². The van der Waals surface area contributed by atoms with Gasteiger partial charge in [-0.25, -0.2) is 9.59 Å². The van der Waals surface area contributed by atoms with Gasteiger partial charge in [-0.15, -0.1) is 0 Å². The van der Waals surface area contributed by atoms with Crippen LogP contribution in [-0.4, -0.2) is 61.4 Å². The molecule has 0 saturated heterocycles. The summed E-state index contributed by atoms with van der Waals surface area (Å²) in [6.07, 6.45) is 1.91. The smallest absolute Gasteiger partial charge is 0.407 e. The number of hydrogen-bond donors (Lipinski definition) is 4. The van der Waals surface area contributed by atoms with E-state index in [-0.39, 0.29) is 11.8 Å². The molecule has 10 heteroatoms. The zero-order valence-corrected chi connectivity index (χ0v) is 22.4. The van der Waals surface area contributed by atoms with Crippen molar-refractivity contribution >= 4 is 24.0 Å². The second-order valence-corrected chi connectivity index (χ2v) is 10.4. The molecule has 0 spiro atoms. The van der Waals surface area contributed by atoms with Gasteiger partial charge in [0.05, 0.1) is 0 Å². The first-order valence-electron chi connectivity index (χ1n) is 12.4. The van der Waals surface area contributed by atoms with Gasteiger partial charge in [-0.2, -0.15) is 0 Å². The Labute approximate surface area is 214 Å². The molecule has 10 nitrogen and oxygen atoms in total. The summed E-state index contributed by atoms with van der Waals surface area (Å²) in [5.74, 6) is -0.445. The third-order valence-corrected chi connectivity index (χ3v) is 4.52. The van der Waals surface area contributed by atoms with Gasteiger partial charge >= 0.3 is 12.2 Å². The van der Waals surface area contributed by atoms with Crippen molar-refractivity contribution in [2.45, 2.75) is 78.4 Å². The van der Waals surface area contributed by atoms with Crippen LogP contribution in [0.3, 0.4) is 0 Å². The summed E-state index contributed by atoms with van der Waals surface area (Å²) in [7, 11) is 0. The van der Waals surface area contributed by atoms with Crippen LogP contribution in [-0.2, 0) is 9.47 Å². The molecule has 36 heavy (non-hydrogen) atoms. The maximum Gasteiger partial charge on any atom is 0.407 e. The summed E-state index contributed by atoms with van der Waals surface area (Å²) in [5, 5.41) is 11.0. The highest BCUT2D eigenvalue weighted by Crippen LogP contribution is 2.08. The van der Waals surface area contributed by atoms with Crippen LogP contribution >= 0.6 is 0 Å². The Morgan fingerprint density at radius 3 is 1.11 bits per heavy atom. The quantitative estimate of drug-likeness (QED) is 0.319. The summed E-state index contributed by atoms with van der Waals surface area (Å²) < 4.78 is 10.3. The fraction of sp³-hybridized carbons (Fsp3) is 0.615. The third-order valence-electron chi connectivity index (χ3n) is 4.52. The first kappa shape index (κ1) is 30.7. The summed E-state index contributed by atoms with van der Waals surface area (Å²) in [6, 6.07) is 6.44. The van der Waals surface area contributed by atoms with Crippen molar-refractivity contribution in [1.29, 1.82) is 0 Å². The number of unbranched alkanes of at least 4 members (excludes halogenated alkanes) is 2. The summed E-state index contributed by atoms with van der Waals surface area (Å²) in [4.78, 5) is 47.7. The first-order valence-corrected chi connectivity index (χ1v) is 12.4. The topological polar surface area (TPSA) is 135 Å². The van der Waals surface area contributed by atoms with E-state index in [0.29, 0.717) is 63.0 Å². The molecular formula is C26H42N4O6. The highest BCUT2D eigenvalue weighted by atomic mass is 16.6. The van der Waals surface area contributed by atoms with Crippen molar-refractivity contribution in [1.82, 2.24) is 21.3 Å². The van der Waals surface area contributed by atoms with Crippen molar-refractivity contribution in [3.63, 3.8) is 0 Å². The fourth-order valence-electron chi connectivity index (χ4n) is 2.89. The third kappa shape index (κ3) is 14.9. The van der Waals surface area contributed by atoms with Crippen LogP contribution in [0.15, 0.2) is 24.3 Å². The van der Waals surface area contributed by atoms with Crippen molar-refractivity contribution in [3.8, 4) is 0 Å². The van der Waals surface area contributed by atoms with E-state index >= 15 is 0 Å². The molecule has 0 aliphatic carbocycles. The number of alkyl carbamates (subject to hydrolysis) is 2. The van der Waals surface area contributed by atoms with E-state index in [1.54, 1.807) is 65.8 Å². The molecule has 1 aromatic rings. The Bertz CT molecular complexity index is 786. The zero-order valence-electron chi connectivity index (χ0n) is 22.4. The SMILES string of the molecule is CC(C)(C)OC(=O)NCCCCNC(=O)c1ccc(C(=O)NCCCCNC(=O)OC(C)(C)C)cc1. The molecule has 0 radical (unpaired) electrons. The molecule has 0 atom stereocenters. The minimum absolute atomic E-state index is 0.223. The van der Waals surface area contributed by atoms with E-state index in [9.17, 15) is 19.2 Å². The number of carbonyl (C=O) groups excluding carboxylic acids is 4. The molecule has 4 amide bonds. The van der Waals surface area contributed by atoms with Crippen molar-refractivity contribution < 1.29 is 28.7 Å². The molecule has 202 valence electrons. The fourth-order valence-corrected chi connectivity index (χ4v) is 2.89. The number of nitrogens with one attached hydrogen (secondary N) is 4. The van der Waals surface area contributed by atoms with Gasteiger partial charge in [0.15, 0.2) is 0 Å². The molecular weight excluding hydrogens is 464 g/mol. The number of ether oxygens (including phenoxy) is 2. The molecule has 1 rings (SSSR count).